The second-order valence-electron chi connectivity index (χ2n) is 6.76. The Balaban J connectivity index is 1.69. The van der Waals surface area contributed by atoms with Crippen molar-refractivity contribution >= 4 is 37.4 Å². The minimum atomic E-state index is -3.47. The van der Waals surface area contributed by atoms with E-state index >= 15 is 0 Å². The third-order valence-electron chi connectivity index (χ3n) is 5.04. The lowest BCUT2D eigenvalue weighted by atomic mass is 9.97. The van der Waals surface area contributed by atoms with Gasteiger partial charge in [0, 0.05) is 4.88 Å². The summed E-state index contributed by atoms with van der Waals surface area (Å²) in [6, 6.07) is 6.90. The molecule has 4 rings (SSSR count). The number of aryl methyl sites for hydroxylation is 2. The number of rotatable bonds is 5. The molecule has 2 aromatic heterocycles. The summed E-state index contributed by atoms with van der Waals surface area (Å²) in [5.74, 6) is 0.828. The largest absolute Gasteiger partial charge is 0.363 e. The van der Waals surface area contributed by atoms with Crippen LogP contribution in [0.4, 0.5) is 5.82 Å². The number of fused-ring (bicyclic) bond motifs is 3. The van der Waals surface area contributed by atoms with Crippen LogP contribution in [0.15, 0.2) is 35.5 Å². The molecular weight excluding hydrogens is 380 g/mol. The first-order chi connectivity index (χ1) is 13.0. The zero-order chi connectivity index (χ0) is 19.0. The van der Waals surface area contributed by atoms with Gasteiger partial charge in [0.2, 0.25) is 10.0 Å². The average molecular weight is 403 g/mol. The van der Waals surface area contributed by atoms with Crippen molar-refractivity contribution in [2.45, 2.75) is 43.5 Å². The molecule has 27 heavy (non-hydrogen) atoms. The van der Waals surface area contributed by atoms with Gasteiger partial charge in [-0.2, -0.15) is 0 Å². The zero-order valence-electron chi connectivity index (χ0n) is 15.3. The van der Waals surface area contributed by atoms with Crippen molar-refractivity contribution in [3.05, 3.63) is 46.6 Å². The minimum Gasteiger partial charge on any atom is -0.363 e. The third-order valence-corrected chi connectivity index (χ3v) is 7.65. The summed E-state index contributed by atoms with van der Waals surface area (Å²) in [5, 5.41) is 4.60. The number of hydrogen-bond acceptors (Lipinski definition) is 6. The fourth-order valence-electron chi connectivity index (χ4n) is 3.56. The summed E-state index contributed by atoms with van der Waals surface area (Å²) in [7, 11) is -2.05. The lowest BCUT2D eigenvalue weighted by molar-refractivity contribution is 0.588. The number of anilines is 1. The lowest BCUT2D eigenvalue weighted by Crippen LogP contribution is -2.19. The van der Waals surface area contributed by atoms with Crippen LogP contribution in [-0.4, -0.2) is 25.4 Å². The van der Waals surface area contributed by atoms with Gasteiger partial charge in [0.15, 0.2) is 0 Å². The Morgan fingerprint density at radius 3 is 2.81 bits per heavy atom. The first kappa shape index (κ1) is 18.3. The Labute approximate surface area is 163 Å². The quantitative estimate of drug-likeness (QED) is 0.680. The maximum atomic E-state index is 12.1. The number of thiophene rings is 1. The van der Waals surface area contributed by atoms with Gasteiger partial charge in [-0.15, -0.1) is 11.3 Å². The molecule has 0 aliphatic heterocycles. The van der Waals surface area contributed by atoms with Crippen LogP contribution in [0.5, 0.6) is 0 Å². The molecule has 142 valence electrons. The maximum absolute atomic E-state index is 12.1. The van der Waals surface area contributed by atoms with E-state index in [1.807, 2.05) is 13.0 Å². The topological polar surface area (TPSA) is 84.0 Å². The molecule has 0 bridgehead atoms. The van der Waals surface area contributed by atoms with Gasteiger partial charge in [0.05, 0.1) is 16.3 Å². The summed E-state index contributed by atoms with van der Waals surface area (Å²) in [4.78, 5) is 11.7. The van der Waals surface area contributed by atoms with Gasteiger partial charge in [-0.05, 0) is 62.9 Å². The van der Waals surface area contributed by atoms with Gasteiger partial charge in [0.25, 0.3) is 0 Å². The van der Waals surface area contributed by atoms with Gasteiger partial charge in [0.1, 0.15) is 17.0 Å². The van der Waals surface area contributed by atoms with Crippen molar-refractivity contribution in [3.8, 4) is 0 Å². The summed E-state index contributed by atoms with van der Waals surface area (Å²) in [6.45, 7) is 2.01. The molecule has 0 saturated carbocycles. The van der Waals surface area contributed by atoms with Crippen LogP contribution in [0.2, 0.25) is 0 Å². The van der Waals surface area contributed by atoms with Crippen molar-refractivity contribution in [2.24, 2.45) is 0 Å². The van der Waals surface area contributed by atoms with Crippen molar-refractivity contribution in [1.29, 1.82) is 0 Å². The predicted octanol–water partition coefficient (Wildman–Crippen LogP) is 3.65. The van der Waals surface area contributed by atoms with Crippen LogP contribution >= 0.6 is 11.3 Å². The van der Waals surface area contributed by atoms with E-state index in [1.54, 1.807) is 35.9 Å². The molecule has 3 aromatic rings. The van der Waals surface area contributed by atoms with Crippen LogP contribution < -0.4 is 10.0 Å². The summed E-state index contributed by atoms with van der Waals surface area (Å²) >= 11 is 1.77. The molecule has 2 N–H and O–H groups in total. The number of sulfonamides is 1. The molecule has 0 amide bonds. The Morgan fingerprint density at radius 1 is 1.19 bits per heavy atom. The fraction of sp³-hybridized carbons (Fsp3) is 0.368. The second kappa shape index (κ2) is 7.18. The molecule has 1 unspecified atom stereocenters. The number of aromatic nitrogens is 2. The van der Waals surface area contributed by atoms with Crippen molar-refractivity contribution in [1.82, 2.24) is 14.7 Å². The Hall–Kier alpha value is -2.03. The Bertz CT molecular complexity index is 1090. The van der Waals surface area contributed by atoms with E-state index in [9.17, 15) is 8.42 Å². The minimum absolute atomic E-state index is 0.0887. The Morgan fingerprint density at radius 2 is 2.00 bits per heavy atom. The average Bonchev–Trinajstić information content (AvgIpc) is 3.07. The van der Waals surface area contributed by atoms with Gasteiger partial charge in [-0.25, -0.2) is 23.1 Å². The van der Waals surface area contributed by atoms with E-state index in [4.69, 9.17) is 0 Å². The molecule has 0 fully saturated rings. The molecule has 0 saturated heterocycles. The SMILES string of the molecule is CNS(=O)(=O)c1cccc(C(C)Nc2ncnc3sc4c(c23)CCCC4)c1. The molecule has 1 aromatic carbocycles. The van der Waals surface area contributed by atoms with Gasteiger partial charge < -0.3 is 5.32 Å². The molecule has 8 heteroatoms. The monoisotopic (exact) mass is 402 g/mol. The van der Waals surface area contributed by atoms with Crippen molar-refractivity contribution < 1.29 is 8.42 Å². The highest BCUT2D eigenvalue weighted by Crippen LogP contribution is 2.38. The highest BCUT2D eigenvalue weighted by molar-refractivity contribution is 7.89. The second-order valence-corrected chi connectivity index (χ2v) is 9.73. The Kier molecular flexibility index (Phi) is 4.88. The highest BCUT2D eigenvalue weighted by Gasteiger charge is 2.21. The standard InChI is InChI=1S/C19H22N4O2S2/c1-12(13-6-5-7-14(10-13)27(24,25)20-2)23-18-17-15-8-3-4-9-16(15)26-19(17)22-11-21-18/h5-7,10-12,20H,3-4,8-9H2,1-2H3,(H,21,22,23). The van der Waals surface area contributed by atoms with Gasteiger partial charge >= 0.3 is 0 Å². The van der Waals surface area contributed by atoms with E-state index < -0.39 is 10.0 Å². The van der Waals surface area contributed by atoms with Crippen LogP contribution in [0, 0.1) is 0 Å². The predicted molar refractivity (Wildman–Crippen MR) is 109 cm³/mol. The smallest absolute Gasteiger partial charge is 0.240 e. The molecule has 0 radical (unpaired) electrons. The summed E-state index contributed by atoms with van der Waals surface area (Å²) in [6.07, 6.45) is 6.23. The number of nitrogens with zero attached hydrogens (tertiary/aromatic N) is 2. The normalized spacial score (nSPS) is 15.5. The lowest BCUT2D eigenvalue weighted by Gasteiger charge is -2.18. The van der Waals surface area contributed by atoms with Crippen molar-refractivity contribution in [3.63, 3.8) is 0 Å². The van der Waals surface area contributed by atoms with Gasteiger partial charge in [-0.1, -0.05) is 12.1 Å². The van der Waals surface area contributed by atoms with Crippen LogP contribution in [-0.2, 0) is 22.9 Å². The van der Waals surface area contributed by atoms with Crippen LogP contribution in [0.25, 0.3) is 10.2 Å². The van der Waals surface area contributed by atoms with Crippen LogP contribution in [0.1, 0.15) is 41.8 Å². The molecule has 1 atom stereocenters. The van der Waals surface area contributed by atoms with Crippen molar-refractivity contribution in [2.75, 3.05) is 12.4 Å². The molecular formula is C19H22N4O2S2. The van der Waals surface area contributed by atoms with E-state index in [-0.39, 0.29) is 10.9 Å². The van der Waals surface area contributed by atoms with E-state index in [0.29, 0.717) is 0 Å². The molecule has 1 aliphatic rings. The summed E-state index contributed by atoms with van der Waals surface area (Å²) < 4.78 is 26.5. The first-order valence-electron chi connectivity index (χ1n) is 9.05. The zero-order valence-corrected chi connectivity index (χ0v) is 17.0. The molecule has 6 nitrogen and oxygen atoms in total. The number of hydrogen-bond donors (Lipinski definition) is 2. The maximum Gasteiger partial charge on any atom is 0.240 e. The molecule has 1 aliphatic carbocycles. The van der Waals surface area contributed by atoms with E-state index in [2.05, 4.69) is 20.0 Å². The summed E-state index contributed by atoms with van der Waals surface area (Å²) in [5.41, 5.74) is 2.27. The number of benzene rings is 1. The van der Waals surface area contributed by atoms with E-state index in [1.165, 1.54) is 30.3 Å². The highest BCUT2D eigenvalue weighted by atomic mass is 32.2. The van der Waals surface area contributed by atoms with E-state index in [0.717, 1.165) is 34.4 Å². The first-order valence-corrected chi connectivity index (χ1v) is 11.3. The van der Waals surface area contributed by atoms with Gasteiger partial charge in [-0.3, -0.25) is 0 Å². The van der Waals surface area contributed by atoms with Crippen LogP contribution in [0.3, 0.4) is 0 Å². The fourth-order valence-corrected chi connectivity index (χ4v) is 5.57. The third kappa shape index (κ3) is 3.44. The molecule has 2 heterocycles. The number of nitrogens with one attached hydrogen (secondary N) is 2. The molecule has 0 spiro atoms.